The van der Waals surface area contributed by atoms with Gasteiger partial charge >= 0.3 is 6.36 Å². The van der Waals surface area contributed by atoms with Gasteiger partial charge in [-0.15, -0.1) is 13.2 Å². The summed E-state index contributed by atoms with van der Waals surface area (Å²) in [6.45, 7) is 9.47. The van der Waals surface area contributed by atoms with E-state index in [1.807, 2.05) is 10.7 Å². The molecule has 5 rings (SSSR count). The topological polar surface area (TPSA) is 52.4 Å². The van der Waals surface area contributed by atoms with Crippen LogP contribution in [0.2, 0.25) is 0 Å². The number of nitrogens with zero attached hydrogens (tertiary/aromatic N) is 4. The Morgan fingerprint density at radius 2 is 1.87 bits per heavy atom. The van der Waals surface area contributed by atoms with Crippen LogP contribution in [0.25, 0.3) is 11.3 Å². The second-order valence-corrected chi connectivity index (χ2v) is 8.85. The molecule has 9 heteroatoms. The molecular weight excluding hydrogens is 397 g/mol. The average molecular weight is 422 g/mol. The van der Waals surface area contributed by atoms with Gasteiger partial charge in [-0.2, -0.15) is 5.10 Å². The monoisotopic (exact) mass is 422 g/mol. The van der Waals surface area contributed by atoms with Crippen molar-refractivity contribution in [1.82, 2.24) is 19.7 Å². The van der Waals surface area contributed by atoms with Crippen molar-refractivity contribution in [1.29, 1.82) is 0 Å². The summed E-state index contributed by atoms with van der Waals surface area (Å²) in [4.78, 5) is 6.62. The zero-order valence-electron chi connectivity index (χ0n) is 17.2. The molecule has 6 nitrogen and oxygen atoms in total. The molecule has 3 fully saturated rings. The molecule has 1 saturated carbocycles. The van der Waals surface area contributed by atoms with Crippen molar-refractivity contribution in [2.24, 2.45) is 11.8 Å². The molecule has 0 aromatic carbocycles. The molecule has 2 aliphatic heterocycles. The molecule has 30 heavy (non-hydrogen) atoms. The number of rotatable bonds is 5. The Balaban J connectivity index is 1.40. The largest absolute Gasteiger partial charge is 0.573 e. The van der Waals surface area contributed by atoms with Crippen LogP contribution in [-0.2, 0) is 4.74 Å². The molecule has 0 N–H and O–H groups in total. The summed E-state index contributed by atoms with van der Waals surface area (Å²) in [5.74, 6) is 1.40. The lowest BCUT2D eigenvalue weighted by molar-refractivity contribution is -0.274. The van der Waals surface area contributed by atoms with E-state index >= 15 is 0 Å². The van der Waals surface area contributed by atoms with Crippen LogP contribution in [0.4, 0.5) is 13.2 Å². The predicted octanol–water partition coefficient (Wildman–Crippen LogP) is 3.78. The van der Waals surface area contributed by atoms with Crippen molar-refractivity contribution in [2.75, 3.05) is 26.3 Å². The van der Waals surface area contributed by atoms with Gasteiger partial charge in [0.2, 0.25) is 0 Å². The highest BCUT2D eigenvalue weighted by Crippen LogP contribution is 2.59. The number of ether oxygens (including phenoxy) is 2. The first kappa shape index (κ1) is 19.8. The van der Waals surface area contributed by atoms with Crippen molar-refractivity contribution >= 4 is 0 Å². The number of aryl methyl sites for hydroxylation is 1. The normalized spacial score (nSPS) is 26.7. The fourth-order valence-electron chi connectivity index (χ4n) is 4.82. The van der Waals surface area contributed by atoms with Crippen molar-refractivity contribution in [3.63, 3.8) is 0 Å². The number of pyridine rings is 1. The Labute approximate surface area is 173 Å². The second kappa shape index (κ2) is 6.95. The summed E-state index contributed by atoms with van der Waals surface area (Å²) < 4.78 is 49.6. The van der Waals surface area contributed by atoms with E-state index in [9.17, 15) is 13.2 Å². The minimum absolute atomic E-state index is 0.163. The maximum atomic E-state index is 12.7. The van der Waals surface area contributed by atoms with Crippen LogP contribution >= 0.6 is 0 Å². The Morgan fingerprint density at radius 1 is 1.17 bits per heavy atom. The molecular formula is C21H25F3N4O2. The molecule has 162 valence electrons. The van der Waals surface area contributed by atoms with E-state index < -0.39 is 6.36 Å². The van der Waals surface area contributed by atoms with Gasteiger partial charge in [0.25, 0.3) is 0 Å². The summed E-state index contributed by atoms with van der Waals surface area (Å²) in [6, 6.07) is 4.12. The first-order valence-corrected chi connectivity index (χ1v) is 10.4. The zero-order valence-corrected chi connectivity index (χ0v) is 17.2. The van der Waals surface area contributed by atoms with E-state index in [2.05, 4.69) is 28.5 Å². The molecule has 2 atom stereocenters. The van der Waals surface area contributed by atoms with E-state index in [4.69, 9.17) is 9.84 Å². The quantitative estimate of drug-likeness (QED) is 0.734. The summed E-state index contributed by atoms with van der Waals surface area (Å²) in [7, 11) is 0. The van der Waals surface area contributed by atoms with Crippen LogP contribution < -0.4 is 4.74 Å². The third-order valence-corrected chi connectivity index (χ3v) is 6.52. The summed E-state index contributed by atoms with van der Waals surface area (Å²) in [6.07, 6.45) is -3.20. The summed E-state index contributed by atoms with van der Waals surface area (Å²) in [5, 5.41) is 4.72. The van der Waals surface area contributed by atoms with E-state index in [-0.39, 0.29) is 17.5 Å². The number of halogens is 3. The Bertz CT molecular complexity index is 942. The predicted molar refractivity (Wildman–Crippen MR) is 103 cm³/mol. The van der Waals surface area contributed by atoms with Crippen LogP contribution in [0.15, 0.2) is 18.3 Å². The van der Waals surface area contributed by atoms with Gasteiger partial charge in [-0.25, -0.2) is 0 Å². The van der Waals surface area contributed by atoms with Crippen LogP contribution in [0.1, 0.15) is 37.2 Å². The van der Waals surface area contributed by atoms with Gasteiger partial charge in [-0.1, -0.05) is 0 Å². The van der Waals surface area contributed by atoms with E-state index in [0.29, 0.717) is 35.1 Å². The van der Waals surface area contributed by atoms with Crippen LogP contribution in [0.3, 0.4) is 0 Å². The summed E-state index contributed by atoms with van der Waals surface area (Å²) >= 11 is 0. The average Bonchev–Trinajstić information content (AvgIpc) is 2.97. The van der Waals surface area contributed by atoms with Gasteiger partial charge < -0.3 is 9.47 Å². The highest BCUT2D eigenvalue weighted by Gasteiger charge is 2.58. The van der Waals surface area contributed by atoms with Gasteiger partial charge in [-0.05, 0) is 44.7 Å². The smallest absolute Gasteiger partial charge is 0.404 e. The standard InChI is InChI=1S/C21H25F3N4O2/c1-11(2)28-18(20-15-7-27(8-16(15)20)14-9-29-10-14)5-17(26-28)13-4-19(12(3)25-6-13)30-21(22,23)24/h4-6,11,14-16,20H,7-10H2,1-3H3. The number of fused-ring (bicyclic) bond motifs is 1. The Kier molecular flexibility index (Phi) is 4.59. The minimum atomic E-state index is -4.75. The van der Waals surface area contributed by atoms with Gasteiger partial charge in [-0.3, -0.25) is 14.6 Å². The minimum Gasteiger partial charge on any atom is -0.404 e. The van der Waals surface area contributed by atoms with Crippen molar-refractivity contribution in [3.05, 3.63) is 29.7 Å². The SMILES string of the molecule is Cc1ncc(-c2cc(C3C4CN(C5COC5)CC43)n(C(C)C)n2)cc1OC(F)(F)F. The molecule has 3 aliphatic rings. The zero-order chi connectivity index (χ0) is 21.2. The number of hydrogen-bond acceptors (Lipinski definition) is 5. The molecule has 1 aliphatic carbocycles. The van der Waals surface area contributed by atoms with Crippen molar-refractivity contribution in [2.45, 2.75) is 45.1 Å². The number of aromatic nitrogens is 3. The third kappa shape index (κ3) is 3.47. The lowest BCUT2D eigenvalue weighted by atomic mass is 10.1. The van der Waals surface area contributed by atoms with E-state index in [1.54, 1.807) is 6.20 Å². The maximum Gasteiger partial charge on any atom is 0.573 e. The first-order chi connectivity index (χ1) is 14.2. The van der Waals surface area contributed by atoms with Crippen molar-refractivity contribution in [3.8, 4) is 17.0 Å². The van der Waals surface area contributed by atoms with E-state index in [0.717, 1.165) is 26.3 Å². The third-order valence-electron chi connectivity index (χ3n) is 6.52. The van der Waals surface area contributed by atoms with Crippen LogP contribution in [0, 0.1) is 18.8 Å². The second-order valence-electron chi connectivity index (χ2n) is 8.85. The molecule has 4 heterocycles. The van der Waals surface area contributed by atoms with Gasteiger partial charge in [0, 0.05) is 42.5 Å². The highest BCUT2D eigenvalue weighted by molar-refractivity contribution is 5.61. The lowest BCUT2D eigenvalue weighted by Gasteiger charge is -2.35. The molecule has 0 spiro atoms. The Hall–Kier alpha value is -2.13. The summed E-state index contributed by atoms with van der Waals surface area (Å²) in [5.41, 5.74) is 2.52. The van der Waals surface area contributed by atoms with E-state index in [1.165, 1.54) is 18.7 Å². The molecule has 2 aromatic heterocycles. The van der Waals surface area contributed by atoms with Gasteiger partial charge in [0.1, 0.15) is 0 Å². The van der Waals surface area contributed by atoms with Crippen LogP contribution in [-0.4, -0.2) is 58.4 Å². The van der Waals surface area contributed by atoms with Gasteiger partial charge in [0.05, 0.1) is 30.6 Å². The molecule has 2 unspecified atom stereocenters. The molecule has 0 bridgehead atoms. The fraction of sp³-hybridized carbons (Fsp3) is 0.619. The fourth-order valence-corrected chi connectivity index (χ4v) is 4.82. The molecule has 2 aromatic rings. The molecule has 2 saturated heterocycles. The van der Waals surface area contributed by atoms with Crippen LogP contribution in [0.5, 0.6) is 5.75 Å². The number of alkyl halides is 3. The molecule has 0 radical (unpaired) electrons. The number of piperidine rings is 1. The van der Waals surface area contributed by atoms with Crippen molar-refractivity contribution < 1.29 is 22.6 Å². The van der Waals surface area contributed by atoms with Gasteiger partial charge in [0.15, 0.2) is 5.75 Å². The first-order valence-electron chi connectivity index (χ1n) is 10.4. The highest BCUT2D eigenvalue weighted by atomic mass is 19.4. The number of hydrogen-bond donors (Lipinski definition) is 0. The lowest BCUT2D eigenvalue weighted by Crippen LogP contribution is -2.48. The Morgan fingerprint density at radius 3 is 2.43 bits per heavy atom. The number of likely N-dealkylation sites (tertiary alicyclic amines) is 1. The maximum absolute atomic E-state index is 12.7. The molecule has 0 amide bonds.